The lowest BCUT2D eigenvalue weighted by Crippen LogP contribution is -2.41. The second kappa shape index (κ2) is 16.9. The van der Waals surface area contributed by atoms with E-state index in [4.69, 9.17) is 14.2 Å². The van der Waals surface area contributed by atoms with Crippen LogP contribution in [0.1, 0.15) is 50.7 Å². The number of rotatable bonds is 13. The van der Waals surface area contributed by atoms with E-state index in [0.717, 1.165) is 18.5 Å². The van der Waals surface area contributed by atoms with E-state index < -0.39 is 28.9 Å². The average Bonchev–Trinajstić information content (AvgIpc) is 3.03. The highest BCUT2D eigenvalue weighted by atomic mass is 16.6. The van der Waals surface area contributed by atoms with Gasteiger partial charge in [-0.2, -0.15) is 0 Å². The van der Waals surface area contributed by atoms with E-state index in [1.165, 1.54) is 31.5 Å². The number of aliphatic hydroxyl groups excluding tert-OH is 1. The third-order valence-electron chi connectivity index (χ3n) is 7.77. The van der Waals surface area contributed by atoms with Gasteiger partial charge in [0, 0.05) is 49.7 Å². The van der Waals surface area contributed by atoms with Gasteiger partial charge in [0.2, 0.25) is 0 Å². The molecule has 1 saturated heterocycles. The Morgan fingerprint density at radius 1 is 1.17 bits per heavy atom. The monoisotopic (exact) mass is 640 g/mol. The standard InChI is InChI=1S/C33H42N4O8.H2O/c1-21(2)34-16-26(38)20-44-27-12-10-23(11-13-27)18-36-14-6-9-28(19-36)45-32(39)29-17-35-22(3)30(33(40)43-4)31(29)24-7-5-8-25(15-24)37(41)42;/h5,7-8,10-13,15,17,21,26,28,31,34-35,38H,6,9,14,16,18-20H2,1-4H3;1H2. The summed E-state index contributed by atoms with van der Waals surface area (Å²) in [5.41, 5.74) is 2.16. The Balaban J connectivity index is 0.00000576. The molecule has 5 N–H and O–H groups in total. The van der Waals surface area contributed by atoms with Crippen LogP contribution in [-0.2, 0) is 25.6 Å². The number of hydrogen-bond acceptors (Lipinski definition) is 11. The molecule has 0 bridgehead atoms. The number of non-ortho nitro benzene ring substituents is 1. The molecule has 0 spiro atoms. The summed E-state index contributed by atoms with van der Waals surface area (Å²) in [5, 5.41) is 27.7. The summed E-state index contributed by atoms with van der Waals surface area (Å²) in [7, 11) is 1.25. The molecular weight excluding hydrogens is 596 g/mol. The van der Waals surface area contributed by atoms with Crippen LogP contribution in [0.2, 0.25) is 0 Å². The zero-order valence-corrected chi connectivity index (χ0v) is 26.7. The van der Waals surface area contributed by atoms with Crippen molar-refractivity contribution in [1.82, 2.24) is 15.5 Å². The van der Waals surface area contributed by atoms with Crippen molar-refractivity contribution in [3.63, 3.8) is 0 Å². The number of nitro benzene ring substituents is 1. The van der Waals surface area contributed by atoms with Crippen molar-refractivity contribution in [2.45, 2.75) is 64.3 Å². The van der Waals surface area contributed by atoms with Crippen molar-refractivity contribution in [1.29, 1.82) is 0 Å². The molecular formula is C33H44N4O9. The Morgan fingerprint density at radius 3 is 2.59 bits per heavy atom. The first-order chi connectivity index (χ1) is 21.5. The fraction of sp³-hybridized carbons (Fsp3) is 0.455. The van der Waals surface area contributed by atoms with Gasteiger partial charge in [-0.1, -0.05) is 38.1 Å². The molecule has 3 atom stereocenters. The number of carbonyl (C=O) groups is 2. The first kappa shape index (κ1) is 36.2. The number of ether oxygens (including phenoxy) is 3. The largest absolute Gasteiger partial charge is 0.491 e. The summed E-state index contributed by atoms with van der Waals surface area (Å²) in [6.45, 7) is 8.41. The molecule has 0 radical (unpaired) electrons. The fourth-order valence-corrected chi connectivity index (χ4v) is 5.49. The second-order valence-electron chi connectivity index (χ2n) is 11.6. The average molecular weight is 641 g/mol. The molecule has 46 heavy (non-hydrogen) atoms. The van der Waals surface area contributed by atoms with Crippen molar-refractivity contribution in [2.75, 3.05) is 33.4 Å². The topological polar surface area (TPSA) is 184 Å². The molecule has 0 amide bonds. The molecule has 2 aromatic rings. The van der Waals surface area contributed by atoms with Gasteiger partial charge < -0.3 is 35.4 Å². The van der Waals surface area contributed by atoms with Crippen molar-refractivity contribution in [3.05, 3.63) is 92.8 Å². The number of hydrogen-bond donors (Lipinski definition) is 3. The molecule has 0 aromatic heterocycles. The number of dihydropyridines is 1. The summed E-state index contributed by atoms with van der Waals surface area (Å²) in [4.78, 5) is 39.6. The number of piperidine rings is 1. The van der Waals surface area contributed by atoms with Gasteiger partial charge in [0.1, 0.15) is 24.6 Å². The van der Waals surface area contributed by atoms with Crippen LogP contribution < -0.4 is 15.4 Å². The minimum absolute atomic E-state index is 0. The molecule has 1 fully saturated rings. The fourth-order valence-electron chi connectivity index (χ4n) is 5.49. The van der Waals surface area contributed by atoms with Gasteiger partial charge in [-0.05, 0) is 49.6 Å². The van der Waals surface area contributed by atoms with Crippen LogP contribution in [0, 0.1) is 10.1 Å². The van der Waals surface area contributed by atoms with Gasteiger partial charge in [0.15, 0.2) is 0 Å². The van der Waals surface area contributed by atoms with Gasteiger partial charge >= 0.3 is 11.9 Å². The van der Waals surface area contributed by atoms with Crippen LogP contribution in [0.15, 0.2) is 71.6 Å². The first-order valence-electron chi connectivity index (χ1n) is 15.1. The van der Waals surface area contributed by atoms with E-state index in [1.807, 2.05) is 38.1 Å². The van der Waals surface area contributed by atoms with Gasteiger partial charge in [0.25, 0.3) is 5.69 Å². The summed E-state index contributed by atoms with van der Waals surface area (Å²) in [6.07, 6.45) is 2.03. The van der Waals surface area contributed by atoms with Crippen LogP contribution in [-0.4, -0.2) is 83.9 Å². The van der Waals surface area contributed by atoms with Crippen LogP contribution in [0.4, 0.5) is 5.69 Å². The Kier molecular flexibility index (Phi) is 13.2. The van der Waals surface area contributed by atoms with E-state index in [9.17, 15) is 24.8 Å². The highest BCUT2D eigenvalue weighted by molar-refractivity contribution is 5.99. The lowest BCUT2D eigenvalue weighted by Gasteiger charge is -2.33. The number of carbonyl (C=O) groups excluding carboxylic acids is 2. The highest BCUT2D eigenvalue weighted by Gasteiger charge is 2.37. The number of aliphatic hydroxyl groups is 1. The lowest BCUT2D eigenvalue weighted by atomic mass is 9.82. The van der Waals surface area contributed by atoms with Crippen molar-refractivity contribution >= 4 is 17.6 Å². The SMILES string of the molecule is COC(=O)C1=C(C)NC=C(C(=O)OC2CCCN(Cc3ccc(OCC(O)CNC(C)C)cc3)C2)C1c1cccc([N+](=O)[O-])c1.O. The van der Waals surface area contributed by atoms with Crippen molar-refractivity contribution in [3.8, 4) is 5.75 Å². The Hall–Kier alpha value is -4.30. The number of nitrogens with zero attached hydrogens (tertiary/aromatic N) is 2. The minimum atomic E-state index is -0.904. The molecule has 2 aliphatic heterocycles. The molecule has 250 valence electrons. The third-order valence-corrected chi connectivity index (χ3v) is 7.77. The van der Waals surface area contributed by atoms with Gasteiger partial charge in [0.05, 0.1) is 29.1 Å². The molecule has 0 saturated carbocycles. The van der Waals surface area contributed by atoms with Gasteiger partial charge in [-0.15, -0.1) is 0 Å². The van der Waals surface area contributed by atoms with Gasteiger partial charge in [-0.3, -0.25) is 15.0 Å². The normalized spacial score (nSPS) is 19.0. The van der Waals surface area contributed by atoms with Crippen molar-refractivity contribution < 1.29 is 39.3 Å². The third kappa shape index (κ3) is 9.60. The maximum Gasteiger partial charge on any atom is 0.336 e. The number of benzene rings is 2. The van der Waals surface area contributed by atoms with Crippen molar-refractivity contribution in [2.24, 2.45) is 0 Å². The summed E-state index contributed by atoms with van der Waals surface area (Å²) < 4.78 is 16.7. The summed E-state index contributed by atoms with van der Waals surface area (Å²) in [5.74, 6) is -1.48. The molecule has 2 heterocycles. The molecule has 13 nitrogen and oxygen atoms in total. The van der Waals surface area contributed by atoms with Crippen LogP contribution in [0.5, 0.6) is 5.75 Å². The highest BCUT2D eigenvalue weighted by Crippen LogP contribution is 2.38. The Labute approximate surface area is 268 Å². The minimum Gasteiger partial charge on any atom is -0.491 e. The van der Waals surface area contributed by atoms with Crippen LogP contribution in [0.25, 0.3) is 0 Å². The quantitative estimate of drug-likeness (QED) is 0.166. The smallest absolute Gasteiger partial charge is 0.336 e. The first-order valence-corrected chi connectivity index (χ1v) is 15.1. The molecule has 13 heteroatoms. The lowest BCUT2D eigenvalue weighted by molar-refractivity contribution is -0.384. The molecule has 2 aliphatic rings. The maximum absolute atomic E-state index is 13.6. The maximum atomic E-state index is 13.6. The predicted octanol–water partition coefficient (Wildman–Crippen LogP) is 2.73. The van der Waals surface area contributed by atoms with Crippen LogP contribution in [0.3, 0.4) is 0 Å². The van der Waals surface area contributed by atoms with E-state index in [0.29, 0.717) is 43.1 Å². The molecule has 3 unspecified atom stereocenters. The van der Waals surface area contributed by atoms with E-state index in [1.54, 1.807) is 13.0 Å². The van der Waals surface area contributed by atoms with E-state index >= 15 is 0 Å². The second-order valence-corrected chi connectivity index (χ2v) is 11.6. The zero-order chi connectivity index (χ0) is 32.5. The summed E-state index contributed by atoms with van der Waals surface area (Å²) in [6, 6.07) is 13.9. The number of nitrogens with one attached hydrogen (secondary N) is 2. The number of nitro groups is 1. The summed E-state index contributed by atoms with van der Waals surface area (Å²) >= 11 is 0. The molecule has 0 aliphatic carbocycles. The number of allylic oxidation sites excluding steroid dienone is 1. The van der Waals surface area contributed by atoms with E-state index in [-0.39, 0.29) is 41.1 Å². The molecule has 2 aromatic carbocycles. The van der Waals surface area contributed by atoms with Crippen LogP contribution >= 0.6 is 0 Å². The Bertz CT molecular complexity index is 1420. The predicted molar refractivity (Wildman–Crippen MR) is 171 cm³/mol. The van der Waals surface area contributed by atoms with E-state index in [2.05, 4.69) is 15.5 Å². The zero-order valence-electron chi connectivity index (χ0n) is 26.7. The number of esters is 2. The molecule has 4 rings (SSSR count). The number of likely N-dealkylation sites (tertiary alicyclic amines) is 1. The number of methoxy groups -OCH3 is 1. The van der Waals surface area contributed by atoms with Gasteiger partial charge in [-0.25, -0.2) is 9.59 Å². The Morgan fingerprint density at radius 2 is 1.91 bits per heavy atom.